The number of nitrogens with two attached hydrogens (primary N) is 1. The number of hydrogen-bond donors (Lipinski definition) is 11. The van der Waals surface area contributed by atoms with Gasteiger partial charge < -0.3 is 112 Å². The number of fused-ring (bicyclic) bond motifs is 6. The van der Waals surface area contributed by atoms with Gasteiger partial charge in [-0.05, 0) is 153 Å². The molecule has 6 heterocycles. The average Bonchev–Trinajstić information content (AvgIpc) is 1.65. The number of ether oxygens (including phenoxy) is 9. The van der Waals surface area contributed by atoms with Gasteiger partial charge in [-0.2, -0.15) is 15.0 Å². The molecule has 4 amide bonds. The third-order valence-corrected chi connectivity index (χ3v) is 15.8. The second-order valence-corrected chi connectivity index (χ2v) is 27.6. The number of alkyl carbamates (subject to hydrolysis) is 2. The first-order valence-corrected chi connectivity index (χ1v) is 38.6. The number of carboxylic acid groups (broad SMARTS) is 2. The van der Waals surface area contributed by atoms with Gasteiger partial charge in [-0.3, -0.25) is 25.5 Å². The number of carbonyl (C=O) groups is 9. The van der Waals surface area contributed by atoms with Crippen molar-refractivity contribution in [2.75, 3.05) is 128 Å². The number of aryl methyl sites for hydroxylation is 3. The number of carboxylic acids is 2. The summed E-state index contributed by atoms with van der Waals surface area (Å²) in [5.74, 6) is -2.18. The summed E-state index contributed by atoms with van der Waals surface area (Å²) >= 11 is 0. The second kappa shape index (κ2) is 48.4. The van der Waals surface area contributed by atoms with Gasteiger partial charge in [0.05, 0.1) is 91.5 Å². The van der Waals surface area contributed by atoms with Crippen LogP contribution >= 0.6 is 0 Å². The number of hydrogen-bond acceptors (Lipinski definition) is 32. The molecule has 6 aromatic carbocycles. The number of esters is 3. The SMILES string of the molecule is CC(C)(C)OC(=O)NCCO.CCOC(=O)COCCN.CCOC(=O)COCCNC(=O)OC(C)(C)C.CCOC(=O)COCCNC(=O)c1ccc2c(c1)nc(Nc1nc3ccccc3o1)n2C.Cn1c(Nc2nc3ccccc3o2)nc2cc(C(=O)NCCOCC(=O)O)ccc21.Cn1c(Nc2nc3ccccc3o2)nc2cc(C(=O)O)ccc21. The summed E-state index contributed by atoms with van der Waals surface area (Å²) < 4.78 is 66.2. The molecule has 0 aliphatic heterocycles. The number of aliphatic hydroxyl groups excluding tert-OH is 1. The van der Waals surface area contributed by atoms with E-state index in [1.165, 1.54) is 6.07 Å². The van der Waals surface area contributed by atoms with E-state index in [4.69, 9.17) is 67.5 Å². The number of nitrogens with one attached hydrogen (secondary N) is 7. The van der Waals surface area contributed by atoms with Crippen LogP contribution in [0.25, 0.3) is 66.4 Å². The van der Waals surface area contributed by atoms with Gasteiger partial charge in [-0.1, -0.05) is 36.4 Å². The molecule has 41 nitrogen and oxygen atoms in total. The predicted octanol–water partition coefficient (Wildman–Crippen LogP) is 9.33. The van der Waals surface area contributed by atoms with E-state index in [1.54, 1.807) is 105 Å². The number of oxazole rings is 3. The number of imidazole rings is 3. The van der Waals surface area contributed by atoms with Crippen LogP contribution in [0, 0.1) is 0 Å². The standard InChI is InChI=1S/C22H23N5O5.C20H19N5O5.C16H12N4O3.C11H21NO5.C7H15NO3.C6H13NO3/c1-3-31-19(28)13-30-11-10-23-20(29)14-8-9-17-16(12-14)24-21(27(17)2)26-22-25-15-6-4-5-7-18(15)32-22;1-25-15-7-6-12(18(28)21-8-9-29-11-17(26)27)10-14(15)22-19(25)24-20-23-13-4-2-3-5-16(13)30-20;1-20-12-7-6-9(14(21)22)8-11(12)17-15(20)19-16-18-10-4-2-3-5-13(10)23-16;1-5-16-9(13)8-15-7-6-12-10(14)17-11(2,3)4;1-7(2,3)11-6(10)8-4-5-9;1-2-10-6(8)5-9-4-3-7/h4-9,12H,3,10-11,13H2,1-2H3,(H,23,29)(H,24,25,26);2-7,10H,8-9,11H2,1H3,(H,21,28)(H,26,27)(H,22,23,24);2-8H,1H3,(H,21,22)(H,17,18,19);5-8H2,1-4H3,(H,12,14);9H,4-5H2,1-3H3,(H,8,10);2-5,7H2,1H3. The maximum atomic E-state index is 12.4. The van der Waals surface area contributed by atoms with E-state index in [0.717, 1.165) is 33.1 Å². The quantitative estimate of drug-likeness (QED) is 0.0104. The predicted molar refractivity (Wildman–Crippen MR) is 451 cm³/mol. The smallest absolute Gasteiger partial charge is 0.407 e. The number of nitrogens with zero attached hydrogens (tertiary/aromatic N) is 9. The van der Waals surface area contributed by atoms with Crippen LogP contribution in [0.3, 0.4) is 0 Å². The van der Waals surface area contributed by atoms with Crippen molar-refractivity contribution in [3.63, 3.8) is 0 Å². The summed E-state index contributed by atoms with van der Waals surface area (Å²) in [4.78, 5) is 127. The number of anilines is 6. The second-order valence-electron chi connectivity index (χ2n) is 27.6. The van der Waals surface area contributed by atoms with E-state index in [-0.39, 0.29) is 95.8 Å². The van der Waals surface area contributed by atoms with Crippen molar-refractivity contribution in [2.24, 2.45) is 26.9 Å². The number of aromatic nitrogens is 9. The highest BCUT2D eigenvalue weighted by Crippen LogP contribution is 2.29. The Kier molecular flexibility index (Phi) is 37.9. The lowest BCUT2D eigenvalue weighted by molar-refractivity contribution is -0.149. The minimum atomic E-state index is -1.05. The zero-order valence-corrected chi connectivity index (χ0v) is 70.2. The van der Waals surface area contributed by atoms with Gasteiger partial charge in [0.2, 0.25) is 17.8 Å². The highest BCUT2D eigenvalue weighted by Gasteiger charge is 2.21. The minimum Gasteiger partial charge on any atom is -0.480 e. The van der Waals surface area contributed by atoms with E-state index >= 15 is 0 Å². The summed E-state index contributed by atoms with van der Waals surface area (Å²) in [6.45, 7) is 18.6. The van der Waals surface area contributed by atoms with Crippen LogP contribution in [0.1, 0.15) is 93.4 Å². The van der Waals surface area contributed by atoms with Crippen LogP contribution in [-0.2, 0) is 83.0 Å². The van der Waals surface area contributed by atoms with Crippen molar-refractivity contribution in [3.05, 3.63) is 144 Å². The molecule has 0 atom stereocenters. The molecule has 0 bridgehead atoms. The van der Waals surface area contributed by atoms with E-state index in [0.29, 0.717) is 113 Å². The van der Waals surface area contributed by atoms with Crippen LogP contribution in [-0.4, -0.2) is 236 Å². The Hall–Kier alpha value is -13.9. The molecule has 12 N–H and O–H groups in total. The first-order chi connectivity index (χ1) is 58.8. The molecule has 6 aromatic heterocycles. The number of benzene rings is 6. The van der Waals surface area contributed by atoms with Crippen LogP contribution in [0.15, 0.2) is 141 Å². The van der Waals surface area contributed by atoms with Gasteiger partial charge in [0, 0.05) is 65.0 Å². The van der Waals surface area contributed by atoms with Gasteiger partial charge in [-0.25, -0.2) is 48.5 Å². The molecule has 660 valence electrons. The molecule has 0 radical (unpaired) electrons. The summed E-state index contributed by atoms with van der Waals surface area (Å²) in [5.41, 5.74) is 13.9. The normalized spacial score (nSPS) is 10.9. The van der Waals surface area contributed by atoms with Crippen LogP contribution in [0.5, 0.6) is 0 Å². The van der Waals surface area contributed by atoms with E-state index in [2.05, 4.69) is 76.6 Å². The molecule has 123 heavy (non-hydrogen) atoms. The van der Waals surface area contributed by atoms with Crippen molar-refractivity contribution in [2.45, 2.75) is 73.5 Å². The average molecular weight is 1710 g/mol. The van der Waals surface area contributed by atoms with Gasteiger partial charge >= 0.3 is 60.1 Å². The lowest BCUT2D eigenvalue weighted by Gasteiger charge is -2.19. The van der Waals surface area contributed by atoms with Crippen molar-refractivity contribution in [1.82, 2.24) is 64.9 Å². The fourth-order valence-electron chi connectivity index (χ4n) is 10.4. The molecule has 0 saturated heterocycles. The molecule has 0 aliphatic carbocycles. The topological polar surface area (TPSA) is 539 Å². The van der Waals surface area contributed by atoms with Gasteiger partial charge in [0.15, 0.2) is 16.7 Å². The maximum Gasteiger partial charge on any atom is 0.407 e. The zero-order valence-electron chi connectivity index (χ0n) is 70.2. The van der Waals surface area contributed by atoms with Gasteiger partial charge in [0.1, 0.15) is 54.2 Å². The molecule has 12 rings (SSSR count). The summed E-state index contributed by atoms with van der Waals surface area (Å²) in [6.07, 6.45) is -0.996. The molecule has 41 heteroatoms. The molecule has 0 aliphatic rings. The van der Waals surface area contributed by atoms with Crippen molar-refractivity contribution < 1.29 is 114 Å². The number of aliphatic hydroxyl groups is 1. The molecule has 0 saturated carbocycles. The Morgan fingerprint density at radius 1 is 0.407 bits per heavy atom. The van der Waals surface area contributed by atoms with Crippen LogP contribution in [0.2, 0.25) is 0 Å². The Labute approximate surface area is 704 Å². The molecule has 0 fully saturated rings. The van der Waals surface area contributed by atoms with Crippen molar-refractivity contribution in [3.8, 4) is 0 Å². The largest absolute Gasteiger partial charge is 0.480 e. The van der Waals surface area contributed by atoms with Crippen LogP contribution < -0.4 is 43.0 Å². The Morgan fingerprint density at radius 2 is 0.724 bits per heavy atom. The lowest BCUT2D eigenvalue weighted by Crippen LogP contribution is -2.34. The Balaban J connectivity index is 0.000000213. The maximum absolute atomic E-state index is 12.4. The van der Waals surface area contributed by atoms with E-state index < -0.39 is 53.9 Å². The van der Waals surface area contributed by atoms with E-state index in [1.807, 2.05) is 114 Å². The summed E-state index contributed by atoms with van der Waals surface area (Å²) in [6, 6.07) is 38.6. The van der Waals surface area contributed by atoms with Crippen LogP contribution in [0.4, 0.5) is 45.5 Å². The van der Waals surface area contributed by atoms with E-state index in [9.17, 15) is 43.2 Å². The van der Waals surface area contributed by atoms with Crippen molar-refractivity contribution >= 4 is 156 Å². The number of amides is 4. The van der Waals surface area contributed by atoms with Gasteiger partial charge in [0.25, 0.3) is 11.8 Å². The zero-order chi connectivity index (χ0) is 89.6. The first-order valence-electron chi connectivity index (χ1n) is 38.6. The number of rotatable bonds is 33. The monoisotopic (exact) mass is 1710 g/mol. The fraction of sp³-hybridized carbons (Fsp3) is 0.378. The lowest BCUT2D eigenvalue weighted by atomic mass is 10.2. The summed E-state index contributed by atoms with van der Waals surface area (Å²) in [5, 5.41) is 45.4. The highest BCUT2D eigenvalue weighted by molar-refractivity contribution is 5.99. The molecule has 0 spiro atoms. The third kappa shape index (κ3) is 32.3. The number of para-hydroxylation sites is 6. The minimum absolute atomic E-state index is 0.00500. The Morgan fingerprint density at radius 3 is 1.04 bits per heavy atom. The Bertz CT molecular complexity index is 5390. The molecular weight excluding hydrogens is 1610 g/mol. The number of aliphatic carboxylic acids is 1. The molecular formula is C82H103N17O24. The first kappa shape index (κ1) is 96.3. The number of carbonyl (C=O) groups excluding carboxylic acids is 7. The third-order valence-electron chi connectivity index (χ3n) is 15.8. The fourth-order valence-corrected chi connectivity index (χ4v) is 10.4. The number of aromatic carboxylic acids is 1. The summed E-state index contributed by atoms with van der Waals surface area (Å²) in [7, 11) is 5.54. The molecule has 12 aromatic rings. The molecule has 0 unspecified atom stereocenters. The van der Waals surface area contributed by atoms with Gasteiger partial charge in [-0.15, -0.1) is 0 Å². The van der Waals surface area contributed by atoms with Crippen molar-refractivity contribution in [1.29, 1.82) is 0 Å². The highest BCUT2D eigenvalue weighted by atomic mass is 16.6.